The van der Waals surface area contributed by atoms with Gasteiger partial charge in [-0.05, 0) is 36.4 Å². The molecular weight excluding hydrogens is 301 g/mol. The van der Waals surface area contributed by atoms with E-state index in [-0.39, 0.29) is 17.2 Å². The number of hydrogen-bond acceptors (Lipinski definition) is 5. The molecule has 1 heterocycles. The maximum atomic E-state index is 13.2. The summed E-state index contributed by atoms with van der Waals surface area (Å²) in [5, 5.41) is 0.622. The lowest BCUT2D eigenvalue weighted by Gasteiger charge is -1.98. The number of rotatable bonds is 3. The van der Waals surface area contributed by atoms with Gasteiger partial charge in [-0.3, -0.25) is 4.79 Å². The Labute approximate surface area is 130 Å². The van der Waals surface area contributed by atoms with Gasteiger partial charge in [0.15, 0.2) is 0 Å². The lowest BCUT2D eigenvalue weighted by molar-refractivity contribution is 0.104. The maximum Gasteiger partial charge on any atom is 0.206 e. The molecule has 22 heavy (non-hydrogen) atoms. The fraction of sp³-hybridized carbons (Fsp3) is 0. The van der Waals surface area contributed by atoms with Crippen LogP contribution in [-0.4, -0.2) is 10.8 Å². The molecule has 0 fully saturated rings. The van der Waals surface area contributed by atoms with Crippen LogP contribution in [0.3, 0.4) is 0 Å². The van der Waals surface area contributed by atoms with Crippen molar-refractivity contribution in [2.75, 3.05) is 11.5 Å². The van der Waals surface area contributed by atoms with E-state index in [1.54, 1.807) is 18.2 Å². The number of benzene rings is 2. The lowest BCUT2D eigenvalue weighted by atomic mass is 10.1. The minimum absolute atomic E-state index is 0.145. The molecule has 0 saturated heterocycles. The van der Waals surface area contributed by atoms with Crippen LogP contribution in [-0.2, 0) is 0 Å². The van der Waals surface area contributed by atoms with Gasteiger partial charge in [-0.1, -0.05) is 12.1 Å². The number of nitrogens with two attached hydrogens (primary N) is 2. The Morgan fingerprint density at radius 3 is 2.50 bits per heavy atom. The van der Waals surface area contributed by atoms with E-state index in [1.165, 1.54) is 29.5 Å². The third-order valence-corrected chi connectivity index (χ3v) is 4.22. The van der Waals surface area contributed by atoms with Crippen molar-refractivity contribution in [1.82, 2.24) is 4.98 Å². The van der Waals surface area contributed by atoms with E-state index in [9.17, 15) is 9.18 Å². The topological polar surface area (TPSA) is 82.0 Å². The summed E-state index contributed by atoms with van der Waals surface area (Å²) in [7, 11) is 0. The number of nitrogens with zero attached hydrogens (tertiary/aromatic N) is 1. The summed E-state index contributed by atoms with van der Waals surface area (Å²) >= 11 is 1.18. The molecule has 4 nitrogen and oxygen atoms in total. The second-order valence-electron chi connectivity index (χ2n) is 4.69. The fourth-order valence-electron chi connectivity index (χ4n) is 2.00. The Kier molecular flexibility index (Phi) is 3.60. The van der Waals surface area contributed by atoms with Crippen LogP contribution in [0.2, 0.25) is 0 Å². The van der Waals surface area contributed by atoms with Crippen molar-refractivity contribution in [1.29, 1.82) is 0 Å². The van der Waals surface area contributed by atoms with Gasteiger partial charge in [-0.15, -0.1) is 11.3 Å². The molecule has 0 aliphatic carbocycles. The first-order valence-corrected chi connectivity index (χ1v) is 7.29. The van der Waals surface area contributed by atoms with Crippen molar-refractivity contribution >= 4 is 28.6 Å². The van der Waals surface area contributed by atoms with Crippen LogP contribution in [0.15, 0.2) is 48.5 Å². The van der Waals surface area contributed by atoms with E-state index in [0.29, 0.717) is 15.6 Å². The van der Waals surface area contributed by atoms with E-state index < -0.39 is 5.82 Å². The fourth-order valence-corrected chi connectivity index (χ4v) is 2.96. The Balaban J connectivity index is 1.99. The van der Waals surface area contributed by atoms with Gasteiger partial charge in [0, 0.05) is 16.8 Å². The monoisotopic (exact) mass is 313 g/mol. The zero-order valence-electron chi connectivity index (χ0n) is 11.4. The van der Waals surface area contributed by atoms with E-state index in [2.05, 4.69) is 4.98 Å². The molecule has 4 N–H and O–H groups in total. The first kappa shape index (κ1) is 14.2. The van der Waals surface area contributed by atoms with Crippen molar-refractivity contribution in [2.24, 2.45) is 0 Å². The predicted molar refractivity (Wildman–Crippen MR) is 86.2 cm³/mol. The minimum atomic E-state index is -0.465. The number of nitrogen functional groups attached to an aromatic ring is 2. The molecule has 3 aromatic rings. The highest BCUT2D eigenvalue weighted by Crippen LogP contribution is 2.31. The molecule has 0 bridgehead atoms. The van der Waals surface area contributed by atoms with Crippen LogP contribution in [0.5, 0.6) is 0 Å². The van der Waals surface area contributed by atoms with Gasteiger partial charge in [-0.25, -0.2) is 9.37 Å². The van der Waals surface area contributed by atoms with Gasteiger partial charge < -0.3 is 11.5 Å². The van der Waals surface area contributed by atoms with Gasteiger partial charge in [0.25, 0.3) is 0 Å². The summed E-state index contributed by atoms with van der Waals surface area (Å²) in [5.74, 6) is -0.657. The summed E-state index contributed by atoms with van der Waals surface area (Å²) in [6.07, 6.45) is 0. The Bertz CT molecular complexity index is 843. The van der Waals surface area contributed by atoms with E-state index in [0.717, 1.165) is 5.56 Å². The number of thiazole rings is 1. The van der Waals surface area contributed by atoms with Crippen LogP contribution in [0.1, 0.15) is 15.2 Å². The number of aromatic nitrogens is 1. The summed E-state index contributed by atoms with van der Waals surface area (Å²) in [6.45, 7) is 0. The van der Waals surface area contributed by atoms with E-state index in [1.807, 2.05) is 12.1 Å². The largest absolute Gasteiger partial charge is 0.399 e. The van der Waals surface area contributed by atoms with Crippen molar-refractivity contribution in [3.05, 3.63) is 64.8 Å². The SMILES string of the molecule is Nc1ccc(-c2nc(N)c(C(=O)c3cccc(F)c3)s2)cc1. The van der Waals surface area contributed by atoms with Gasteiger partial charge in [0.2, 0.25) is 5.78 Å². The average molecular weight is 313 g/mol. The highest BCUT2D eigenvalue weighted by molar-refractivity contribution is 7.17. The smallest absolute Gasteiger partial charge is 0.206 e. The molecule has 3 rings (SSSR count). The molecule has 0 atom stereocenters. The molecule has 6 heteroatoms. The standard InChI is InChI=1S/C16H12FN3OS/c17-11-3-1-2-10(8-11)13(21)14-15(19)20-16(22-14)9-4-6-12(18)7-5-9/h1-8H,18-19H2. The van der Waals surface area contributed by atoms with Crippen molar-refractivity contribution in [3.8, 4) is 10.6 Å². The summed E-state index contributed by atoms with van der Waals surface area (Å²) in [5.41, 5.74) is 13.2. The first-order chi connectivity index (χ1) is 10.5. The predicted octanol–water partition coefficient (Wildman–Crippen LogP) is 3.34. The van der Waals surface area contributed by atoms with Gasteiger partial charge in [0.1, 0.15) is 21.5 Å². The molecule has 0 amide bonds. The van der Waals surface area contributed by atoms with Crippen LogP contribution >= 0.6 is 11.3 Å². The van der Waals surface area contributed by atoms with Crippen LogP contribution in [0.4, 0.5) is 15.9 Å². The highest BCUT2D eigenvalue weighted by Gasteiger charge is 2.19. The zero-order chi connectivity index (χ0) is 15.7. The third kappa shape index (κ3) is 2.68. The number of ketones is 1. The Morgan fingerprint density at radius 2 is 1.82 bits per heavy atom. The summed E-state index contributed by atoms with van der Waals surface area (Å²) in [4.78, 5) is 16.9. The summed E-state index contributed by atoms with van der Waals surface area (Å²) < 4.78 is 13.2. The normalized spacial score (nSPS) is 10.6. The molecule has 1 aromatic heterocycles. The number of carbonyl (C=O) groups excluding carboxylic acids is 1. The molecule has 0 saturated carbocycles. The van der Waals surface area contributed by atoms with E-state index in [4.69, 9.17) is 11.5 Å². The molecule has 0 aliphatic heterocycles. The van der Waals surface area contributed by atoms with Gasteiger partial charge in [0.05, 0.1) is 0 Å². The quantitative estimate of drug-likeness (QED) is 0.574. The van der Waals surface area contributed by atoms with Crippen molar-refractivity contribution in [2.45, 2.75) is 0 Å². The molecule has 0 aliphatic rings. The number of anilines is 2. The molecule has 0 unspecified atom stereocenters. The number of carbonyl (C=O) groups is 1. The van der Waals surface area contributed by atoms with Crippen LogP contribution < -0.4 is 11.5 Å². The maximum absolute atomic E-state index is 13.2. The average Bonchev–Trinajstić information content (AvgIpc) is 2.89. The minimum Gasteiger partial charge on any atom is -0.399 e. The van der Waals surface area contributed by atoms with Gasteiger partial charge >= 0.3 is 0 Å². The lowest BCUT2D eigenvalue weighted by Crippen LogP contribution is -2.02. The Hall–Kier alpha value is -2.73. The molecule has 0 radical (unpaired) electrons. The summed E-state index contributed by atoms with van der Waals surface area (Å²) in [6, 6.07) is 12.6. The Morgan fingerprint density at radius 1 is 1.09 bits per heavy atom. The van der Waals surface area contributed by atoms with Gasteiger partial charge in [-0.2, -0.15) is 0 Å². The number of hydrogen-bond donors (Lipinski definition) is 2. The molecule has 0 spiro atoms. The molecular formula is C16H12FN3OS. The second-order valence-corrected chi connectivity index (χ2v) is 5.69. The first-order valence-electron chi connectivity index (χ1n) is 6.47. The number of halogens is 1. The van der Waals surface area contributed by atoms with Crippen molar-refractivity contribution < 1.29 is 9.18 Å². The highest BCUT2D eigenvalue weighted by atomic mass is 32.1. The van der Waals surface area contributed by atoms with E-state index >= 15 is 0 Å². The third-order valence-electron chi connectivity index (χ3n) is 3.10. The zero-order valence-corrected chi connectivity index (χ0v) is 12.2. The van der Waals surface area contributed by atoms with Crippen LogP contribution in [0, 0.1) is 5.82 Å². The molecule has 2 aromatic carbocycles. The molecule has 110 valence electrons. The second kappa shape index (κ2) is 5.57. The van der Waals surface area contributed by atoms with Crippen molar-refractivity contribution in [3.63, 3.8) is 0 Å². The van der Waals surface area contributed by atoms with Crippen LogP contribution in [0.25, 0.3) is 10.6 Å².